The molecular formula is C10H12BrNOS. The largest absolute Gasteiger partial charge is 0.493 e. The molecule has 1 aliphatic rings. The summed E-state index contributed by atoms with van der Waals surface area (Å²) < 4.78 is 6.51. The second-order valence-corrected chi connectivity index (χ2v) is 5.06. The lowest BCUT2D eigenvalue weighted by Crippen LogP contribution is -1.99. The van der Waals surface area contributed by atoms with Crippen LogP contribution in [0.1, 0.15) is 12.8 Å². The fraction of sp³-hybridized carbons (Fsp3) is 0.500. The molecule has 0 bridgehead atoms. The lowest BCUT2D eigenvalue weighted by Gasteiger charge is -2.06. The van der Waals surface area contributed by atoms with Gasteiger partial charge in [-0.1, -0.05) is 0 Å². The Labute approximate surface area is 96.6 Å². The number of nitrogens with zero attached hydrogens (tertiary/aromatic N) is 1. The first kappa shape index (κ1) is 10.3. The van der Waals surface area contributed by atoms with E-state index < -0.39 is 0 Å². The zero-order valence-electron chi connectivity index (χ0n) is 8.00. The van der Waals surface area contributed by atoms with Gasteiger partial charge in [-0.05, 0) is 40.9 Å². The normalized spacial score (nSPS) is 15.6. The van der Waals surface area contributed by atoms with Gasteiger partial charge in [0.05, 0.1) is 6.61 Å². The van der Waals surface area contributed by atoms with Crippen LogP contribution < -0.4 is 4.74 Å². The third-order valence-corrected chi connectivity index (χ3v) is 3.17. The Hall–Kier alpha value is -0.220. The Bertz CT molecular complexity index is 328. The van der Waals surface area contributed by atoms with Crippen molar-refractivity contribution in [2.45, 2.75) is 17.9 Å². The van der Waals surface area contributed by atoms with E-state index in [2.05, 4.69) is 20.9 Å². The summed E-state index contributed by atoms with van der Waals surface area (Å²) in [4.78, 5) is 4.29. The fourth-order valence-corrected chi connectivity index (χ4v) is 2.09. The molecule has 0 spiro atoms. The average Bonchev–Trinajstić information content (AvgIpc) is 2.97. The molecule has 4 heteroatoms. The second-order valence-electron chi connectivity index (χ2n) is 3.42. The minimum Gasteiger partial charge on any atom is -0.493 e. The molecule has 0 N–H and O–H groups in total. The Morgan fingerprint density at radius 2 is 2.36 bits per heavy atom. The Balaban J connectivity index is 2.03. The molecule has 0 amide bonds. The highest BCUT2D eigenvalue weighted by Crippen LogP contribution is 2.30. The molecule has 1 aliphatic carbocycles. The highest BCUT2D eigenvalue weighted by atomic mass is 79.9. The molecule has 2 rings (SSSR count). The van der Waals surface area contributed by atoms with E-state index in [1.54, 1.807) is 11.8 Å². The summed E-state index contributed by atoms with van der Waals surface area (Å²) in [7, 11) is 0. The third kappa shape index (κ3) is 2.89. The number of ether oxygens (including phenoxy) is 1. The summed E-state index contributed by atoms with van der Waals surface area (Å²) >= 11 is 5.00. The molecule has 2 nitrogen and oxygen atoms in total. The maximum atomic E-state index is 5.67. The first-order valence-corrected chi connectivity index (χ1v) is 6.64. The van der Waals surface area contributed by atoms with Crippen molar-refractivity contribution in [2.75, 3.05) is 12.9 Å². The summed E-state index contributed by atoms with van der Waals surface area (Å²) in [5.41, 5.74) is 0. The van der Waals surface area contributed by atoms with E-state index >= 15 is 0 Å². The molecule has 0 atom stereocenters. The molecule has 1 aromatic rings. The number of hydrogen-bond donors (Lipinski definition) is 0. The third-order valence-electron chi connectivity index (χ3n) is 2.14. The van der Waals surface area contributed by atoms with Crippen LogP contribution >= 0.6 is 27.7 Å². The van der Waals surface area contributed by atoms with Crippen LogP contribution in [-0.2, 0) is 0 Å². The zero-order chi connectivity index (χ0) is 9.97. The van der Waals surface area contributed by atoms with Crippen molar-refractivity contribution in [2.24, 2.45) is 5.92 Å². The van der Waals surface area contributed by atoms with Gasteiger partial charge in [-0.2, -0.15) is 0 Å². The predicted octanol–water partition coefficient (Wildman–Crippen LogP) is 3.35. The number of hydrogen-bond acceptors (Lipinski definition) is 3. The van der Waals surface area contributed by atoms with Crippen molar-refractivity contribution in [1.82, 2.24) is 4.98 Å². The van der Waals surface area contributed by atoms with Crippen LogP contribution in [-0.4, -0.2) is 17.8 Å². The van der Waals surface area contributed by atoms with Crippen LogP contribution in [0.2, 0.25) is 0 Å². The minimum absolute atomic E-state index is 0.791. The van der Waals surface area contributed by atoms with Gasteiger partial charge in [0.2, 0.25) is 0 Å². The van der Waals surface area contributed by atoms with Crippen LogP contribution in [0.5, 0.6) is 5.75 Å². The Morgan fingerprint density at radius 3 is 3.00 bits per heavy atom. The van der Waals surface area contributed by atoms with E-state index in [9.17, 15) is 0 Å². The van der Waals surface area contributed by atoms with Crippen LogP contribution in [0, 0.1) is 5.92 Å². The Kier molecular flexibility index (Phi) is 3.34. The molecule has 0 saturated heterocycles. The van der Waals surface area contributed by atoms with Crippen molar-refractivity contribution in [3.63, 3.8) is 0 Å². The number of halogens is 1. The van der Waals surface area contributed by atoms with Gasteiger partial charge in [0.25, 0.3) is 0 Å². The molecular weight excluding hydrogens is 262 g/mol. The smallest absolute Gasteiger partial charge is 0.124 e. The van der Waals surface area contributed by atoms with Crippen LogP contribution in [0.25, 0.3) is 0 Å². The maximum Gasteiger partial charge on any atom is 0.124 e. The van der Waals surface area contributed by atoms with Crippen LogP contribution in [0.15, 0.2) is 21.8 Å². The van der Waals surface area contributed by atoms with Crippen molar-refractivity contribution in [3.8, 4) is 5.75 Å². The number of rotatable bonds is 4. The summed E-state index contributed by atoms with van der Waals surface area (Å²) in [6.07, 6.45) is 4.66. The summed E-state index contributed by atoms with van der Waals surface area (Å²) in [6.45, 7) is 0.851. The van der Waals surface area contributed by atoms with E-state index in [0.717, 1.165) is 27.9 Å². The van der Waals surface area contributed by atoms with Crippen LogP contribution in [0.3, 0.4) is 0 Å². The molecule has 1 fully saturated rings. The summed E-state index contributed by atoms with van der Waals surface area (Å²) in [5, 5.41) is 0.991. The lowest BCUT2D eigenvalue weighted by atomic mass is 10.4. The molecule has 76 valence electrons. The van der Waals surface area contributed by atoms with E-state index in [1.165, 1.54) is 12.8 Å². The predicted molar refractivity (Wildman–Crippen MR) is 61.9 cm³/mol. The number of aromatic nitrogens is 1. The van der Waals surface area contributed by atoms with E-state index in [1.807, 2.05) is 18.4 Å². The van der Waals surface area contributed by atoms with Gasteiger partial charge in [0, 0.05) is 12.1 Å². The first-order chi connectivity index (χ1) is 6.78. The van der Waals surface area contributed by atoms with E-state index in [-0.39, 0.29) is 0 Å². The quantitative estimate of drug-likeness (QED) is 0.621. The lowest BCUT2D eigenvalue weighted by molar-refractivity contribution is 0.298. The highest BCUT2D eigenvalue weighted by molar-refractivity contribution is 9.10. The van der Waals surface area contributed by atoms with E-state index in [4.69, 9.17) is 4.74 Å². The minimum atomic E-state index is 0.791. The van der Waals surface area contributed by atoms with Gasteiger partial charge in [0.15, 0.2) is 0 Å². The molecule has 14 heavy (non-hydrogen) atoms. The number of pyridine rings is 1. The molecule has 0 radical (unpaired) electrons. The fourth-order valence-electron chi connectivity index (χ4n) is 1.14. The summed E-state index contributed by atoms with van der Waals surface area (Å²) in [5.74, 6) is 1.71. The monoisotopic (exact) mass is 273 g/mol. The average molecular weight is 274 g/mol. The molecule has 0 aromatic carbocycles. The van der Waals surface area contributed by atoms with Gasteiger partial charge in [-0.3, -0.25) is 0 Å². The number of thioether (sulfide) groups is 1. The van der Waals surface area contributed by atoms with Gasteiger partial charge < -0.3 is 4.74 Å². The maximum absolute atomic E-state index is 5.67. The molecule has 1 heterocycles. The van der Waals surface area contributed by atoms with Crippen molar-refractivity contribution in [1.29, 1.82) is 0 Å². The topological polar surface area (TPSA) is 22.1 Å². The first-order valence-electron chi connectivity index (χ1n) is 4.62. The van der Waals surface area contributed by atoms with Crippen molar-refractivity contribution < 1.29 is 4.74 Å². The Morgan fingerprint density at radius 1 is 1.57 bits per heavy atom. The van der Waals surface area contributed by atoms with Crippen molar-refractivity contribution in [3.05, 3.63) is 16.7 Å². The molecule has 1 saturated carbocycles. The standard InChI is InChI=1S/C10H12BrNOS/c1-14-10-5-8(4-9(11)12-10)13-6-7-2-3-7/h4-5,7H,2-3,6H2,1H3. The zero-order valence-corrected chi connectivity index (χ0v) is 10.4. The van der Waals surface area contributed by atoms with Gasteiger partial charge in [-0.25, -0.2) is 4.98 Å². The van der Waals surface area contributed by atoms with Crippen molar-refractivity contribution >= 4 is 27.7 Å². The van der Waals surface area contributed by atoms with Crippen LogP contribution in [0.4, 0.5) is 0 Å². The van der Waals surface area contributed by atoms with Gasteiger partial charge in [-0.15, -0.1) is 11.8 Å². The second kappa shape index (κ2) is 4.53. The van der Waals surface area contributed by atoms with E-state index in [0.29, 0.717) is 0 Å². The van der Waals surface area contributed by atoms with Gasteiger partial charge >= 0.3 is 0 Å². The molecule has 0 unspecified atom stereocenters. The SMILES string of the molecule is CSc1cc(OCC2CC2)cc(Br)n1. The summed E-state index contributed by atoms with van der Waals surface area (Å²) in [6, 6.07) is 3.90. The van der Waals surface area contributed by atoms with Gasteiger partial charge in [0.1, 0.15) is 15.4 Å². The highest BCUT2D eigenvalue weighted by Gasteiger charge is 2.21. The molecule has 1 aromatic heterocycles. The molecule has 0 aliphatic heterocycles.